The van der Waals surface area contributed by atoms with E-state index in [4.69, 9.17) is 5.11 Å². The Balaban J connectivity index is 2.31. The van der Waals surface area contributed by atoms with Gasteiger partial charge in [0.2, 0.25) is 5.91 Å². The van der Waals surface area contributed by atoms with Crippen LogP contribution >= 0.6 is 0 Å². The van der Waals surface area contributed by atoms with E-state index >= 15 is 0 Å². The fourth-order valence-electron chi connectivity index (χ4n) is 2.41. The van der Waals surface area contributed by atoms with Crippen LogP contribution in [0.1, 0.15) is 12.0 Å². The van der Waals surface area contributed by atoms with Crippen LogP contribution in [-0.4, -0.2) is 37.6 Å². The van der Waals surface area contributed by atoms with Crippen molar-refractivity contribution in [3.8, 4) is 0 Å². The molecule has 1 aromatic rings. The van der Waals surface area contributed by atoms with Crippen LogP contribution in [0.25, 0.3) is 0 Å². The Morgan fingerprint density at radius 1 is 1.42 bits per heavy atom. The zero-order valence-corrected chi connectivity index (χ0v) is 11.4. The summed E-state index contributed by atoms with van der Waals surface area (Å²) in [4.78, 5) is 26.5. The molecule has 2 rings (SSSR count). The van der Waals surface area contributed by atoms with Crippen LogP contribution in [0.5, 0.6) is 0 Å². The summed E-state index contributed by atoms with van der Waals surface area (Å²) < 4.78 is 0. The van der Waals surface area contributed by atoms with Gasteiger partial charge in [0, 0.05) is 32.0 Å². The molecule has 5 nitrogen and oxygen atoms in total. The smallest absolute Gasteiger partial charge is 0.316 e. The van der Waals surface area contributed by atoms with Gasteiger partial charge < -0.3 is 14.9 Å². The van der Waals surface area contributed by atoms with E-state index in [2.05, 4.69) is 0 Å². The van der Waals surface area contributed by atoms with Crippen molar-refractivity contribution in [1.82, 2.24) is 0 Å². The second kappa shape index (κ2) is 4.91. The van der Waals surface area contributed by atoms with Crippen LogP contribution in [0.2, 0.25) is 0 Å². The van der Waals surface area contributed by atoms with Gasteiger partial charge in [-0.15, -0.1) is 0 Å². The maximum Gasteiger partial charge on any atom is 0.316 e. The Morgan fingerprint density at radius 2 is 2.11 bits per heavy atom. The Hall–Kier alpha value is -2.04. The Bertz CT molecular complexity index is 525. The predicted molar refractivity (Wildman–Crippen MR) is 73.6 cm³/mol. The highest BCUT2D eigenvalue weighted by molar-refractivity contribution is 6.07. The van der Waals surface area contributed by atoms with E-state index in [1.54, 1.807) is 4.90 Å². The number of carboxylic acids is 1. The average molecular weight is 262 g/mol. The molecular formula is C14H18N2O3. The number of hydrogen-bond donors (Lipinski definition) is 1. The van der Waals surface area contributed by atoms with Gasteiger partial charge in [-0.2, -0.15) is 0 Å². The van der Waals surface area contributed by atoms with Crippen LogP contribution in [0, 0.1) is 12.8 Å². The summed E-state index contributed by atoms with van der Waals surface area (Å²) in [5.41, 5.74) is 2.92. The van der Waals surface area contributed by atoms with Crippen LogP contribution in [0.4, 0.5) is 11.4 Å². The molecular weight excluding hydrogens is 244 g/mol. The van der Waals surface area contributed by atoms with Gasteiger partial charge in [-0.25, -0.2) is 0 Å². The third-order valence-corrected chi connectivity index (χ3v) is 3.49. The normalized spacial score (nSPS) is 18.8. The minimum atomic E-state index is -1.03. The van der Waals surface area contributed by atoms with Crippen molar-refractivity contribution in [2.24, 2.45) is 5.92 Å². The Labute approximate surface area is 112 Å². The quantitative estimate of drug-likeness (QED) is 0.839. The molecule has 102 valence electrons. The minimum absolute atomic E-state index is 0.318. The lowest BCUT2D eigenvalue weighted by Gasteiger charge is -2.21. The molecule has 0 aromatic heterocycles. The third-order valence-electron chi connectivity index (χ3n) is 3.49. The number of carboxylic acid groups (broad SMARTS) is 1. The number of rotatable bonds is 3. The van der Waals surface area contributed by atoms with Gasteiger partial charge in [-0.05, 0) is 31.0 Å². The molecule has 5 heteroatoms. The average Bonchev–Trinajstić information content (AvgIpc) is 2.71. The molecule has 0 saturated carbocycles. The molecule has 0 radical (unpaired) electrons. The van der Waals surface area contributed by atoms with E-state index in [9.17, 15) is 9.59 Å². The standard InChI is InChI=1S/C14H18N2O3/c1-9-4-5-10(8-12(9)15(2)3)16-7-6-11(13(16)17)14(18)19/h4-5,8,11H,6-7H2,1-3H3,(H,18,19). The minimum Gasteiger partial charge on any atom is -0.481 e. The monoisotopic (exact) mass is 262 g/mol. The van der Waals surface area contributed by atoms with Gasteiger partial charge in [0.05, 0.1) is 0 Å². The molecule has 1 aliphatic rings. The van der Waals surface area contributed by atoms with Gasteiger partial charge in [0.25, 0.3) is 0 Å². The first kappa shape index (κ1) is 13.4. The van der Waals surface area contributed by atoms with Crippen LogP contribution in [0.15, 0.2) is 18.2 Å². The van der Waals surface area contributed by atoms with Crippen molar-refractivity contribution in [2.75, 3.05) is 30.4 Å². The van der Waals surface area contributed by atoms with E-state index in [0.717, 1.165) is 16.9 Å². The number of carbonyl (C=O) groups is 2. The molecule has 0 aliphatic carbocycles. The largest absolute Gasteiger partial charge is 0.481 e. The molecule has 1 aromatic carbocycles. The third kappa shape index (κ3) is 2.41. The maximum atomic E-state index is 12.0. The number of nitrogens with zero attached hydrogens (tertiary/aromatic N) is 2. The van der Waals surface area contributed by atoms with Crippen LogP contribution in [-0.2, 0) is 9.59 Å². The number of benzene rings is 1. The number of anilines is 2. The first-order valence-electron chi connectivity index (χ1n) is 6.24. The Morgan fingerprint density at radius 3 is 2.63 bits per heavy atom. The lowest BCUT2D eigenvalue weighted by Crippen LogP contribution is -2.30. The molecule has 1 amide bonds. The zero-order chi connectivity index (χ0) is 14.2. The number of hydrogen-bond acceptors (Lipinski definition) is 3. The molecule has 1 heterocycles. The fourth-order valence-corrected chi connectivity index (χ4v) is 2.41. The molecule has 1 saturated heterocycles. The molecule has 1 N–H and O–H groups in total. The number of carbonyl (C=O) groups excluding carboxylic acids is 1. The Kier molecular flexibility index (Phi) is 3.46. The molecule has 1 fully saturated rings. The van der Waals surface area contributed by atoms with Crippen molar-refractivity contribution < 1.29 is 14.7 Å². The van der Waals surface area contributed by atoms with E-state index < -0.39 is 11.9 Å². The summed E-state index contributed by atoms with van der Waals surface area (Å²) in [5, 5.41) is 8.98. The van der Waals surface area contributed by atoms with Crippen molar-refractivity contribution in [3.63, 3.8) is 0 Å². The zero-order valence-electron chi connectivity index (χ0n) is 11.4. The summed E-state index contributed by atoms with van der Waals surface area (Å²) in [6.07, 6.45) is 0.374. The second-order valence-corrected chi connectivity index (χ2v) is 5.03. The van der Waals surface area contributed by atoms with Crippen molar-refractivity contribution >= 4 is 23.3 Å². The lowest BCUT2D eigenvalue weighted by molar-refractivity contribution is -0.144. The molecule has 19 heavy (non-hydrogen) atoms. The van der Waals surface area contributed by atoms with Gasteiger partial charge in [-0.3, -0.25) is 9.59 Å². The first-order chi connectivity index (χ1) is 8.91. The molecule has 1 atom stereocenters. The van der Waals surface area contributed by atoms with E-state index in [0.29, 0.717) is 13.0 Å². The van der Waals surface area contributed by atoms with E-state index in [-0.39, 0.29) is 5.91 Å². The van der Waals surface area contributed by atoms with Crippen molar-refractivity contribution in [3.05, 3.63) is 23.8 Å². The van der Waals surface area contributed by atoms with Gasteiger partial charge in [-0.1, -0.05) is 6.07 Å². The fraction of sp³-hybridized carbons (Fsp3) is 0.429. The highest BCUT2D eigenvalue weighted by Gasteiger charge is 2.37. The van der Waals surface area contributed by atoms with Crippen molar-refractivity contribution in [1.29, 1.82) is 0 Å². The van der Waals surface area contributed by atoms with Crippen LogP contribution < -0.4 is 9.80 Å². The molecule has 0 bridgehead atoms. The molecule has 1 unspecified atom stereocenters. The van der Waals surface area contributed by atoms with Gasteiger partial charge in [0.1, 0.15) is 5.92 Å². The second-order valence-electron chi connectivity index (χ2n) is 5.03. The van der Waals surface area contributed by atoms with E-state index in [1.807, 2.05) is 44.1 Å². The molecule has 0 spiro atoms. The topological polar surface area (TPSA) is 60.9 Å². The predicted octanol–water partition coefficient (Wildman–Crippen LogP) is 1.50. The number of aliphatic carboxylic acids is 1. The lowest BCUT2D eigenvalue weighted by atomic mass is 10.1. The highest BCUT2D eigenvalue weighted by Crippen LogP contribution is 2.30. The van der Waals surface area contributed by atoms with Gasteiger partial charge in [0.15, 0.2) is 0 Å². The molecule has 1 aliphatic heterocycles. The summed E-state index contributed by atoms with van der Waals surface area (Å²) in [5.74, 6) is -2.25. The van der Waals surface area contributed by atoms with E-state index in [1.165, 1.54) is 0 Å². The summed E-state index contributed by atoms with van der Waals surface area (Å²) in [6, 6.07) is 5.74. The number of amides is 1. The van der Waals surface area contributed by atoms with Crippen molar-refractivity contribution in [2.45, 2.75) is 13.3 Å². The maximum absolute atomic E-state index is 12.0. The van der Waals surface area contributed by atoms with Gasteiger partial charge >= 0.3 is 5.97 Å². The summed E-state index contributed by atoms with van der Waals surface area (Å²) in [7, 11) is 3.88. The van der Waals surface area contributed by atoms with Crippen LogP contribution in [0.3, 0.4) is 0 Å². The SMILES string of the molecule is Cc1ccc(N2CCC(C(=O)O)C2=O)cc1N(C)C. The number of aryl methyl sites for hydroxylation is 1. The first-order valence-corrected chi connectivity index (χ1v) is 6.24. The summed E-state index contributed by atoms with van der Waals surface area (Å²) >= 11 is 0. The highest BCUT2D eigenvalue weighted by atomic mass is 16.4. The summed E-state index contributed by atoms with van der Waals surface area (Å²) in [6.45, 7) is 2.47.